The standard InChI is InChI=1S/C18H17FN2O6S/c1-10-6-15-13(20-17(22)9-27-15)8-16(10)28(25,26)21-14(18(23)24)7-11-2-4-12(19)5-3-11/h2-6,8,14,21H,7,9H2,1H3,(H,20,22)(H,23,24)/t14-/m1/s1. The lowest BCUT2D eigenvalue weighted by molar-refractivity contribution is -0.138. The van der Waals surface area contributed by atoms with Gasteiger partial charge in [0.05, 0.1) is 10.6 Å². The predicted molar refractivity (Wildman–Crippen MR) is 97.2 cm³/mol. The van der Waals surface area contributed by atoms with E-state index in [2.05, 4.69) is 10.0 Å². The van der Waals surface area contributed by atoms with Gasteiger partial charge in [0.2, 0.25) is 10.0 Å². The minimum Gasteiger partial charge on any atom is -0.482 e. The van der Waals surface area contributed by atoms with E-state index in [0.29, 0.717) is 16.9 Å². The van der Waals surface area contributed by atoms with Crippen LogP contribution in [0.3, 0.4) is 0 Å². The van der Waals surface area contributed by atoms with Gasteiger partial charge in [-0.2, -0.15) is 4.72 Å². The summed E-state index contributed by atoms with van der Waals surface area (Å²) in [5.74, 6) is -1.95. The molecule has 0 aliphatic carbocycles. The Hall–Kier alpha value is -2.98. The Labute approximate surface area is 160 Å². The molecule has 0 unspecified atom stereocenters. The molecule has 10 heteroatoms. The van der Waals surface area contributed by atoms with E-state index in [0.717, 1.165) is 0 Å². The number of halogens is 1. The first-order chi connectivity index (χ1) is 13.2. The minimum absolute atomic E-state index is 0.168. The number of carboxylic acids is 1. The Morgan fingerprint density at radius 2 is 2.00 bits per heavy atom. The van der Waals surface area contributed by atoms with Gasteiger partial charge in [0.25, 0.3) is 5.91 Å². The SMILES string of the molecule is Cc1cc2c(cc1S(=O)(=O)N[C@H](Cc1ccc(F)cc1)C(=O)O)NC(=O)CO2. The monoisotopic (exact) mass is 408 g/mol. The zero-order valence-electron chi connectivity index (χ0n) is 14.7. The van der Waals surface area contributed by atoms with Crippen LogP contribution in [-0.2, 0) is 26.0 Å². The molecular weight excluding hydrogens is 391 g/mol. The van der Waals surface area contributed by atoms with E-state index in [1.807, 2.05) is 0 Å². The molecule has 3 rings (SSSR count). The van der Waals surface area contributed by atoms with E-state index < -0.39 is 33.8 Å². The quantitative estimate of drug-likeness (QED) is 0.665. The Bertz CT molecular complexity index is 1040. The summed E-state index contributed by atoms with van der Waals surface area (Å²) in [6, 6.07) is 6.32. The van der Waals surface area contributed by atoms with Crippen molar-refractivity contribution in [2.24, 2.45) is 0 Å². The number of benzene rings is 2. The van der Waals surface area contributed by atoms with Crippen LogP contribution in [0, 0.1) is 12.7 Å². The number of aryl methyl sites for hydroxylation is 1. The van der Waals surface area contributed by atoms with Gasteiger partial charge in [-0.15, -0.1) is 0 Å². The van der Waals surface area contributed by atoms with E-state index in [4.69, 9.17) is 4.74 Å². The predicted octanol–water partition coefficient (Wildman–Crippen LogP) is 1.44. The molecule has 0 aromatic heterocycles. The average molecular weight is 408 g/mol. The molecule has 3 N–H and O–H groups in total. The number of fused-ring (bicyclic) bond motifs is 1. The number of amides is 1. The number of carboxylic acid groups (broad SMARTS) is 1. The molecule has 0 bridgehead atoms. The third-order valence-corrected chi connectivity index (χ3v) is 5.76. The maximum atomic E-state index is 13.0. The third-order valence-electron chi connectivity index (χ3n) is 4.15. The molecule has 1 aliphatic rings. The summed E-state index contributed by atoms with van der Waals surface area (Å²) in [7, 11) is -4.23. The van der Waals surface area contributed by atoms with Gasteiger partial charge in [-0.1, -0.05) is 12.1 Å². The molecule has 8 nitrogen and oxygen atoms in total. The van der Waals surface area contributed by atoms with E-state index in [1.165, 1.54) is 43.3 Å². The number of carbonyl (C=O) groups excluding carboxylic acids is 1. The summed E-state index contributed by atoms with van der Waals surface area (Å²) in [5.41, 5.74) is 0.972. The van der Waals surface area contributed by atoms with Gasteiger partial charge in [0, 0.05) is 0 Å². The van der Waals surface area contributed by atoms with Crippen LogP contribution >= 0.6 is 0 Å². The number of ether oxygens (including phenoxy) is 1. The van der Waals surface area contributed by atoms with E-state index in [-0.39, 0.29) is 23.6 Å². The molecule has 148 valence electrons. The molecule has 1 atom stereocenters. The third kappa shape index (κ3) is 4.29. The second kappa shape index (κ2) is 7.56. The lowest BCUT2D eigenvalue weighted by Gasteiger charge is -2.21. The van der Waals surface area contributed by atoms with E-state index in [1.54, 1.807) is 0 Å². The van der Waals surface area contributed by atoms with Crippen molar-refractivity contribution in [3.8, 4) is 5.75 Å². The van der Waals surface area contributed by atoms with Crippen LogP contribution in [0.4, 0.5) is 10.1 Å². The highest BCUT2D eigenvalue weighted by atomic mass is 32.2. The van der Waals surface area contributed by atoms with Gasteiger partial charge >= 0.3 is 5.97 Å². The van der Waals surface area contributed by atoms with Crippen molar-refractivity contribution >= 4 is 27.6 Å². The van der Waals surface area contributed by atoms with Crippen molar-refractivity contribution in [2.45, 2.75) is 24.3 Å². The number of sulfonamides is 1. The Balaban J connectivity index is 1.88. The second-order valence-corrected chi connectivity index (χ2v) is 7.98. The van der Waals surface area contributed by atoms with Gasteiger partial charge < -0.3 is 15.2 Å². The highest BCUT2D eigenvalue weighted by molar-refractivity contribution is 7.89. The molecule has 2 aromatic rings. The zero-order chi connectivity index (χ0) is 20.5. The fourth-order valence-corrected chi connectivity index (χ4v) is 4.23. The topological polar surface area (TPSA) is 122 Å². The number of aliphatic carboxylic acids is 1. The number of carbonyl (C=O) groups is 2. The maximum Gasteiger partial charge on any atom is 0.322 e. The Morgan fingerprint density at radius 1 is 1.32 bits per heavy atom. The molecule has 2 aromatic carbocycles. The molecule has 1 heterocycles. The lowest BCUT2D eigenvalue weighted by Crippen LogP contribution is -2.42. The summed E-state index contributed by atoms with van der Waals surface area (Å²) in [4.78, 5) is 22.8. The summed E-state index contributed by atoms with van der Waals surface area (Å²) < 4.78 is 46.0. The number of rotatable bonds is 6. The molecule has 28 heavy (non-hydrogen) atoms. The van der Waals surface area contributed by atoms with Crippen molar-refractivity contribution in [1.82, 2.24) is 4.72 Å². The van der Waals surface area contributed by atoms with Crippen LogP contribution in [-0.4, -0.2) is 38.0 Å². The van der Waals surface area contributed by atoms with Gasteiger partial charge in [0.15, 0.2) is 6.61 Å². The fourth-order valence-electron chi connectivity index (χ4n) is 2.78. The number of hydrogen-bond donors (Lipinski definition) is 3. The molecule has 0 spiro atoms. The fraction of sp³-hybridized carbons (Fsp3) is 0.222. The largest absolute Gasteiger partial charge is 0.482 e. The number of nitrogens with one attached hydrogen (secondary N) is 2. The smallest absolute Gasteiger partial charge is 0.322 e. The molecule has 0 saturated heterocycles. The summed E-state index contributed by atoms with van der Waals surface area (Å²) in [5, 5.41) is 11.9. The van der Waals surface area contributed by atoms with Crippen molar-refractivity contribution in [3.63, 3.8) is 0 Å². The first-order valence-corrected chi connectivity index (χ1v) is 9.71. The van der Waals surface area contributed by atoms with Crippen LogP contribution in [0.25, 0.3) is 0 Å². The molecule has 0 saturated carbocycles. The normalized spacial score (nSPS) is 14.6. The number of hydrogen-bond acceptors (Lipinski definition) is 5. The molecule has 1 amide bonds. The Morgan fingerprint density at radius 3 is 2.64 bits per heavy atom. The van der Waals surface area contributed by atoms with Crippen LogP contribution < -0.4 is 14.8 Å². The molecule has 0 radical (unpaired) electrons. The second-order valence-electron chi connectivity index (χ2n) is 6.29. The van der Waals surface area contributed by atoms with Gasteiger partial charge in [-0.25, -0.2) is 12.8 Å². The highest BCUT2D eigenvalue weighted by Crippen LogP contribution is 2.32. The molecular formula is C18H17FN2O6S. The van der Waals surface area contributed by atoms with Crippen LogP contribution in [0.2, 0.25) is 0 Å². The van der Waals surface area contributed by atoms with Crippen molar-refractivity contribution < 1.29 is 32.2 Å². The summed E-state index contributed by atoms with van der Waals surface area (Å²) in [6.45, 7) is 1.36. The summed E-state index contributed by atoms with van der Waals surface area (Å²) >= 11 is 0. The first kappa shape index (κ1) is 19.8. The molecule has 1 aliphatic heterocycles. The van der Waals surface area contributed by atoms with Crippen LogP contribution in [0.1, 0.15) is 11.1 Å². The maximum absolute atomic E-state index is 13.0. The Kier molecular flexibility index (Phi) is 5.34. The molecule has 0 fully saturated rings. The zero-order valence-corrected chi connectivity index (χ0v) is 15.5. The average Bonchev–Trinajstić information content (AvgIpc) is 2.62. The van der Waals surface area contributed by atoms with Gasteiger partial charge in [0.1, 0.15) is 17.6 Å². The van der Waals surface area contributed by atoms with Crippen molar-refractivity contribution in [3.05, 3.63) is 53.3 Å². The van der Waals surface area contributed by atoms with Gasteiger partial charge in [-0.3, -0.25) is 9.59 Å². The first-order valence-electron chi connectivity index (χ1n) is 8.22. The van der Waals surface area contributed by atoms with Crippen molar-refractivity contribution in [1.29, 1.82) is 0 Å². The highest BCUT2D eigenvalue weighted by Gasteiger charge is 2.29. The summed E-state index contributed by atoms with van der Waals surface area (Å²) in [6.07, 6.45) is -0.168. The van der Waals surface area contributed by atoms with Crippen LogP contribution in [0.15, 0.2) is 41.3 Å². The van der Waals surface area contributed by atoms with Crippen molar-refractivity contribution in [2.75, 3.05) is 11.9 Å². The lowest BCUT2D eigenvalue weighted by atomic mass is 10.1. The van der Waals surface area contributed by atoms with E-state index in [9.17, 15) is 27.5 Å². The minimum atomic E-state index is -4.23. The number of anilines is 1. The van der Waals surface area contributed by atoms with E-state index >= 15 is 0 Å². The van der Waals surface area contributed by atoms with Crippen LogP contribution in [0.5, 0.6) is 5.75 Å². The van der Waals surface area contributed by atoms with Gasteiger partial charge in [-0.05, 0) is 48.7 Å².